The third-order valence-electron chi connectivity index (χ3n) is 4.79. The van der Waals surface area contributed by atoms with E-state index in [-0.39, 0.29) is 10.6 Å². The number of guanidine groups is 1. The lowest BCUT2D eigenvalue weighted by atomic mass is 10.2. The minimum atomic E-state index is -0.381. The molecule has 0 aliphatic carbocycles. The Hall–Kier alpha value is -1.80. The summed E-state index contributed by atoms with van der Waals surface area (Å²) < 4.78 is 0. The highest BCUT2D eigenvalue weighted by Gasteiger charge is 2.22. The van der Waals surface area contributed by atoms with E-state index in [0.717, 1.165) is 43.3 Å². The number of non-ortho nitro benzene ring substituents is 1. The second-order valence-corrected chi connectivity index (χ2v) is 7.65. The van der Waals surface area contributed by atoms with Gasteiger partial charge in [-0.15, -0.1) is 0 Å². The number of nitrogens with one attached hydrogen (secondary N) is 2. The summed E-state index contributed by atoms with van der Waals surface area (Å²) in [5, 5.41) is 17.7. The van der Waals surface area contributed by atoms with Gasteiger partial charge in [0.1, 0.15) is 0 Å². The molecule has 8 heteroatoms. The topological polar surface area (TPSA) is 82.8 Å². The number of benzene rings is 1. The lowest BCUT2D eigenvalue weighted by Crippen LogP contribution is -2.45. The van der Waals surface area contributed by atoms with Crippen molar-refractivity contribution in [2.24, 2.45) is 4.99 Å². The normalized spacial score (nSPS) is 17.9. The fourth-order valence-electron chi connectivity index (χ4n) is 3.25. The molecule has 1 aromatic carbocycles. The summed E-state index contributed by atoms with van der Waals surface area (Å²) in [6, 6.07) is 7.15. The fourth-order valence-corrected chi connectivity index (χ4v) is 3.68. The second kappa shape index (κ2) is 11.8. The van der Waals surface area contributed by atoms with Crippen molar-refractivity contribution in [3.05, 3.63) is 39.9 Å². The van der Waals surface area contributed by atoms with E-state index in [1.807, 2.05) is 11.8 Å². The Labute approximate surface area is 166 Å². The summed E-state index contributed by atoms with van der Waals surface area (Å²) >= 11 is 1.84. The van der Waals surface area contributed by atoms with E-state index in [0.29, 0.717) is 12.6 Å². The minimum absolute atomic E-state index is 0.108. The van der Waals surface area contributed by atoms with Crippen molar-refractivity contribution in [1.29, 1.82) is 0 Å². The van der Waals surface area contributed by atoms with E-state index in [2.05, 4.69) is 33.7 Å². The number of thioether (sulfide) groups is 1. The molecule has 1 unspecified atom stereocenters. The Morgan fingerprint density at radius 1 is 1.37 bits per heavy atom. The molecular weight excluding hydrogens is 362 g/mol. The minimum Gasteiger partial charge on any atom is -0.356 e. The lowest BCUT2D eigenvalue weighted by molar-refractivity contribution is -0.384. The van der Waals surface area contributed by atoms with Gasteiger partial charge in [0.2, 0.25) is 0 Å². The quantitative estimate of drug-likeness (QED) is 0.209. The van der Waals surface area contributed by atoms with Gasteiger partial charge < -0.3 is 10.6 Å². The van der Waals surface area contributed by atoms with Crippen LogP contribution in [-0.2, 0) is 6.54 Å². The molecule has 1 saturated heterocycles. The van der Waals surface area contributed by atoms with Crippen LogP contribution in [0.3, 0.4) is 0 Å². The van der Waals surface area contributed by atoms with Crippen LogP contribution in [0.25, 0.3) is 0 Å². The summed E-state index contributed by atoms with van der Waals surface area (Å²) in [4.78, 5) is 17.6. The average Bonchev–Trinajstić information content (AvgIpc) is 3.14. The lowest BCUT2D eigenvalue weighted by Gasteiger charge is -2.24. The standard InChI is InChI=1S/C19H31N5O2S/c1-3-23-12-4-6-18(23)15-22-19(20-11-5-13-27-2)21-14-16-7-9-17(10-8-16)24(25)26/h7-10,18H,3-6,11-15H2,1-2H3,(H2,20,21,22). The van der Waals surface area contributed by atoms with Gasteiger partial charge in [-0.25, -0.2) is 4.99 Å². The van der Waals surface area contributed by atoms with E-state index >= 15 is 0 Å². The highest BCUT2D eigenvalue weighted by molar-refractivity contribution is 7.98. The molecule has 0 radical (unpaired) electrons. The van der Waals surface area contributed by atoms with Crippen LogP contribution < -0.4 is 10.6 Å². The summed E-state index contributed by atoms with van der Waals surface area (Å²) in [7, 11) is 0. The molecule has 0 amide bonds. The van der Waals surface area contributed by atoms with E-state index in [1.165, 1.54) is 31.5 Å². The fraction of sp³-hybridized carbons (Fsp3) is 0.632. The molecule has 1 heterocycles. The molecule has 1 fully saturated rings. The summed E-state index contributed by atoms with van der Waals surface area (Å²) in [6.07, 6.45) is 5.69. The molecule has 0 aromatic heterocycles. The Morgan fingerprint density at radius 3 is 2.81 bits per heavy atom. The van der Waals surface area contributed by atoms with Crippen LogP contribution in [0.1, 0.15) is 31.7 Å². The van der Waals surface area contributed by atoms with Crippen LogP contribution in [0.5, 0.6) is 0 Å². The first-order chi connectivity index (χ1) is 13.1. The number of aliphatic imine (C=N–C) groups is 1. The van der Waals surface area contributed by atoms with Crippen molar-refractivity contribution in [2.45, 2.75) is 38.8 Å². The van der Waals surface area contributed by atoms with Crippen LogP contribution in [0.4, 0.5) is 5.69 Å². The van der Waals surface area contributed by atoms with E-state index in [1.54, 1.807) is 12.1 Å². The van der Waals surface area contributed by atoms with Crippen molar-refractivity contribution >= 4 is 23.4 Å². The zero-order valence-electron chi connectivity index (χ0n) is 16.3. The molecule has 1 atom stereocenters. The van der Waals surface area contributed by atoms with Crippen LogP contribution >= 0.6 is 11.8 Å². The zero-order chi connectivity index (χ0) is 19.5. The predicted molar refractivity (Wildman–Crippen MR) is 114 cm³/mol. The van der Waals surface area contributed by atoms with Gasteiger partial charge in [0.25, 0.3) is 5.69 Å². The maximum absolute atomic E-state index is 10.8. The molecule has 2 N–H and O–H groups in total. The first-order valence-corrected chi connectivity index (χ1v) is 11.0. The van der Waals surface area contributed by atoms with Crippen molar-refractivity contribution in [2.75, 3.05) is 38.2 Å². The average molecular weight is 394 g/mol. The molecule has 0 bridgehead atoms. The SMILES string of the molecule is CCN1CCCC1CNC(=NCc1ccc([N+](=O)[O-])cc1)NCCCSC. The number of likely N-dealkylation sites (tertiary alicyclic amines) is 1. The van der Waals surface area contributed by atoms with Crippen molar-refractivity contribution in [1.82, 2.24) is 15.5 Å². The highest BCUT2D eigenvalue weighted by Crippen LogP contribution is 2.15. The molecule has 27 heavy (non-hydrogen) atoms. The van der Waals surface area contributed by atoms with Crippen LogP contribution in [0.15, 0.2) is 29.3 Å². The molecular formula is C19H31N5O2S. The molecule has 1 aliphatic heterocycles. The van der Waals surface area contributed by atoms with Crippen LogP contribution in [0, 0.1) is 10.1 Å². The first-order valence-electron chi connectivity index (χ1n) is 9.62. The summed E-state index contributed by atoms with van der Waals surface area (Å²) in [6.45, 7) is 6.75. The number of nitrogens with zero attached hydrogens (tertiary/aromatic N) is 3. The molecule has 150 valence electrons. The van der Waals surface area contributed by atoms with E-state index in [9.17, 15) is 10.1 Å². The van der Waals surface area contributed by atoms with Crippen molar-refractivity contribution in [3.8, 4) is 0 Å². The molecule has 1 aliphatic rings. The van der Waals surface area contributed by atoms with E-state index in [4.69, 9.17) is 0 Å². The van der Waals surface area contributed by atoms with Crippen molar-refractivity contribution < 1.29 is 4.92 Å². The Morgan fingerprint density at radius 2 is 2.15 bits per heavy atom. The van der Waals surface area contributed by atoms with Gasteiger partial charge in [-0.2, -0.15) is 11.8 Å². The molecule has 7 nitrogen and oxygen atoms in total. The summed E-state index contributed by atoms with van der Waals surface area (Å²) in [5.41, 5.74) is 1.07. The van der Waals surface area contributed by atoms with Crippen LogP contribution in [-0.4, -0.2) is 60.0 Å². The van der Waals surface area contributed by atoms with Gasteiger partial charge in [-0.05, 0) is 49.9 Å². The number of hydrogen-bond acceptors (Lipinski definition) is 5. The number of nitro groups is 1. The van der Waals surface area contributed by atoms with Gasteiger partial charge in [-0.1, -0.05) is 19.1 Å². The number of nitro benzene ring substituents is 1. The molecule has 0 saturated carbocycles. The molecule has 2 rings (SSSR count). The number of likely N-dealkylation sites (N-methyl/N-ethyl adjacent to an activating group) is 1. The second-order valence-electron chi connectivity index (χ2n) is 6.67. The Bertz CT molecular complexity index is 609. The van der Waals surface area contributed by atoms with Gasteiger partial charge in [0.15, 0.2) is 5.96 Å². The monoisotopic (exact) mass is 393 g/mol. The predicted octanol–water partition coefficient (Wildman–Crippen LogP) is 2.87. The maximum atomic E-state index is 10.8. The zero-order valence-corrected chi connectivity index (χ0v) is 17.1. The largest absolute Gasteiger partial charge is 0.356 e. The van der Waals surface area contributed by atoms with E-state index < -0.39 is 0 Å². The Balaban J connectivity index is 1.92. The van der Waals surface area contributed by atoms with Gasteiger partial charge in [0.05, 0.1) is 11.5 Å². The maximum Gasteiger partial charge on any atom is 0.269 e. The smallest absolute Gasteiger partial charge is 0.269 e. The van der Waals surface area contributed by atoms with Gasteiger partial charge >= 0.3 is 0 Å². The van der Waals surface area contributed by atoms with Crippen molar-refractivity contribution in [3.63, 3.8) is 0 Å². The highest BCUT2D eigenvalue weighted by atomic mass is 32.2. The van der Waals surface area contributed by atoms with Crippen LogP contribution in [0.2, 0.25) is 0 Å². The summed E-state index contributed by atoms with van der Waals surface area (Å²) in [5.74, 6) is 1.94. The third kappa shape index (κ3) is 7.38. The first kappa shape index (κ1) is 21.5. The molecule has 0 spiro atoms. The van der Waals surface area contributed by atoms with Gasteiger partial charge in [-0.3, -0.25) is 15.0 Å². The Kier molecular flexibility index (Phi) is 9.41. The third-order valence-corrected chi connectivity index (χ3v) is 5.49. The number of rotatable bonds is 10. The molecule has 1 aromatic rings. The van der Waals surface area contributed by atoms with Gasteiger partial charge in [0, 0.05) is 31.3 Å². The number of hydrogen-bond donors (Lipinski definition) is 2.